The quantitative estimate of drug-likeness (QED) is 0.819. The molecule has 0 aliphatic rings. The molecule has 114 valence electrons. The van der Waals surface area contributed by atoms with E-state index in [0.29, 0.717) is 0 Å². The number of anilines is 3. The Bertz CT molecular complexity index is 590. The first kappa shape index (κ1) is 15.3. The molecule has 0 amide bonds. The van der Waals surface area contributed by atoms with Crippen molar-refractivity contribution in [1.29, 1.82) is 0 Å². The van der Waals surface area contributed by atoms with Crippen LogP contribution >= 0.6 is 0 Å². The molecule has 0 saturated heterocycles. The Morgan fingerprint density at radius 3 is 2.52 bits per heavy atom. The van der Waals surface area contributed by atoms with Crippen molar-refractivity contribution >= 4 is 17.3 Å². The summed E-state index contributed by atoms with van der Waals surface area (Å²) in [6.07, 6.45) is 4.93. The van der Waals surface area contributed by atoms with Gasteiger partial charge in [-0.1, -0.05) is 13.8 Å². The number of aryl methyl sites for hydroxylation is 3. The molecule has 0 bridgehead atoms. The van der Waals surface area contributed by atoms with Crippen molar-refractivity contribution in [1.82, 2.24) is 19.7 Å². The minimum atomic E-state index is 0.808. The molecule has 0 aromatic carbocycles. The maximum Gasteiger partial charge on any atom is 0.136 e. The number of rotatable bonds is 7. The van der Waals surface area contributed by atoms with E-state index in [1.165, 1.54) is 0 Å². The van der Waals surface area contributed by atoms with Gasteiger partial charge in [0, 0.05) is 32.3 Å². The highest BCUT2D eigenvalue weighted by Gasteiger charge is 2.08. The first-order chi connectivity index (χ1) is 10.1. The minimum absolute atomic E-state index is 0.808. The zero-order chi connectivity index (χ0) is 15.2. The van der Waals surface area contributed by atoms with Crippen molar-refractivity contribution in [2.24, 2.45) is 7.05 Å². The van der Waals surface area contributed by atoms with E-state index in [2.05, 4.69) is 39.5 Å². The zero-order valence-electron chi connectivity index (χ0n) is 13.3. The summed E-state index contributed by atoms with van der Waals surface area (Å²) in [5.41, 5.74) is 1.93. The SMILES string of the molecule is CCCNc1cc(Nc2cn(C)nc2C)nc(CCC)n1. The summed E-state index contributed by atoms with van der Waals surface area (Å²) < 4.78 is 1.79. The van der Waals surface area contributed by atoms with E-state index in [1.807, 2.05) is 26.2 Å². The van der Waals surface area contributed by atoms with Crippen LogP contribution in [0, 0.1) is 6.92 Å². The lowest BCUT2D eigenvalue weighted by atomic mass is 10.3. The molecule has 2 rings (SSSR count). The molecule has 0 aliphatic carbocycles. The predicted molar refractivity (Wildman–Crippen MR) is 86.0 cm³/mol. The number of nitrogens with zero attached hydrogens (tertiary/aromatic N) is 4. The molecule has 0 saturated carbocycles. The van der Waals surface area contributed by atoms with Gasteiger partial charge in [0.25, 0.3) is 0 Å². The van der Waals surface area contributed by atoms with Gasteiger partial charge in [0.05, 0.1) is 11.4 Å². The van der Waals surface area contributed by atoms with Gasteiger partial charge < -0.3 is 10.6 Å². The summed E-state index contributed by atoms with van der Waals surface area (Å²) in [5.74, 6) is 2.55. The second-order valence-corrected chi connectivity index (χ2v) is 5.16. The van der Waals surface area contributed by atoms with Gasteiger partial charge in [-0.05, 0) is 19.8 Å². The van der Waals surface area contributed by atoms with Crippen molar-refractivity contribution in [3.05, 3.63) is 23.8 Å². The van der Waals surface area contributed by atoms with Gasteiger partial charge in [-0.15, -0.1) is 0 Å². The van der Waals surface area contributed by atoms with Crippen LogP contribution in [-0.2, 0) is 13.5 Å². The second-order valence-electron chi connectivity index (χ2n) is 5.16. The first-order valence-corrected chi connectivity index (χ1v) is 7.51. The van der Waals surface area contributed by atoms with Crippen LogP contribution in [0.5, 0.6) is 0 Å². The van der Waals surface area contributed by atoms with Crippen LogP contribution in [0.4, 0.5) is 17.3 Å². The maximum atomic E-state index is 4.58. The second kappa shape index (κ2) is 7.06. The molecule has 0 atom stereocenters. The molecule has 21 heavy (non-hydrogen) atoms. The number of hydrogen-bond donors (Lipinski definition) is 2. The van der Waals surface area contributed by atoms with E-state index < -0.39 is 0 Å². The third-order valence-electron chi connectivity index (χ3n) is 3.08. The normalized spacial score (nSPS) is 10.7. The zero-order valence-corrected chi connectivity index (χ0v) is 13.3. The van der Waals surface area contributed by atoms with E-state index in [0.717, 1.165) is 54.6 Å². The Balaban J connectivity index is 2.24. The van der Waals surface area contributed by atoms with E-state index in [9.17, 15) is 0 Å². The van der Waals surface area contributed by atoms with Crippen LogP contribution in [0.1, 0.15) is 38.2 Å². The first-order valence-electron chi connectivity index (χ1n) is 7.51. The highest BCUT2D eigenvalue weighted by Crippen LogP contribution is 2.20. The smallest absolute Gasteiger partial charge is 0.136 e. The molecule has 6 heteroatoms. The molecule has 2 aromatic heterocycles. The highest BCUT2D eigenvalue weighted by molar-refractivity contribution is 5.60. The molecule has 2 heterocycles. The Kier molecular flexibility index (Phi) is 5.14. The lowest BCUT2D eigenvalue weighted by molar-refractivity contribution is 0.756. The average Bonchev–Trinajstić information content (AvgIpc) is 2.75. The Morgan fingerprint density at radius 1 is 1.14 bits per heavy atom. The molecule has 6 nitrogen and oxygen atoms in total. The monoisotopic (exact) mass is 288 g/mol. The van der Waals surface area contributed by atoms with Crippen molar-refractivity contribution in [3.63, 3.8) is 0 Å². The van der Waals surface area contributed by atoms with Crippen molar-refractivity contribution in [2.75, 3.05) is 17.2 Å². The van der Waals surface area contributed by atoms with E-state index in [-0.39, 0.29) is 0 Å². The predicted octanol–water partition coefficient (Wildman–Crippen LogP) is 3.04. The molecule has 0 unspecified atom stereocenters. The summed E-state index contributed by atoms with van der Waals surface area (Å²) in [6.45, 7) is 7.16. The third kappa shape index (κ3) is 4.18. The summed E-state index contributed by atoms with van der Waals surface area (Å²) in [6, 6.07) is 1.95. The van der Waals surface area contributed by atoms with Crippen LogP contribution in [0.25, 0.3) is 0 Å². The van der Waals surface area contributed by atoms with Crippen LogP contribution < -0.4 is 10.6 Å². The van der Waals surface area contributed by atoms with Gasteiger partial charge >= 0.3 is 0 Å². The fourth-order valence-electron chi connectivity index (χ4n) is 2.10. The fourth-order valence-corrected chi connectivity index (χ4v) is 2.10. The molecule has 0 spiro atoms. The van der Waals surface area contributed by atoms with Crippen molar-refractivity contribution in [3.8, 4) is 0 Å². The van der Waals surface area contributed by atoms with Gasteiger partial charge in [-0.25, -0.2) is 9.97 Å². The molecular formula is C15H24N6. The van der Waals surface area contributed by atoms with E-state index in [1.54, 1.807) is 4.68 Å². The Hall–Kier alpha value is -2.11. The van der Waals surface area contributed by atoms with Crippen molar-refractivity contribution in [2.45, 2.75) is 40.0 Å². The highest BCUT2D eigenvalue weighted by atomic mass is 15.3. The van der Waals surface area contributed by atoms with Crippen molar-refractivity contribution < 1.29 is 0 Å². The molecular weight excluding hydrogens is 264 g/mol. The minimum Gasteiger partial charge on any atom is -0.370 e. The van der Waals surface area contributed by atoms with Gasteiger partial charge in [0.15, 0.2) is 0 Å². The van der Waals surface area contributed by atoms with Crippen LogP contribution in [-0.4, -0.2) is 26.3 Å². The molecule has 0 aliphatic heterocycles. The maximum absolute atomic E-state index is 4.58. The van der Waals surface area contributed by atoms with E-state index in [4.69, 9.17) is 0 Å². The number of hydrogen-bond acceptors (Lipinski definition) is 5. The number of nitrogens with one attached hydrogen (secondary N) is 2. The summed E-state index contributed by atoms with van der Waals surface area (Å²) in [5, 5.41) is 11.0. The average molecular weight is 288 g/mol. The Labute approximate surface area is 126 Å². The molecule has 0 radical (unpaired) electrons. The van der Waals surface area contributed by atoms with Gasteiger partial charge in [-0.2, -0.15) is 5.10 Å². The molecule has 0 fully saturated rings. The third-order valence-corrected chi connectivity index (χ3v) is 3.08. The molecule has 2 N–H and O–H groups in total. The molecule has 2 aromatic rings. The standard InChI is InChI=1S/C15H24N6/c1-5-7-13-18-14(16-8-6-2)9-15(19-13)17-12-10-21(4)20-11(12)3/h9-10H,5-8H2,1-4H3,(H2,16,17,18,19). The lowest BCUT2D eigenvalue weighted by Crippen LogP contribution is -2.07. The van der Waals surface area contributed by atoms with Crippen LogP contribution in [0.15, 0.2) is 12.3 Å². The summed E-state index contributed by atoms with van der Waals surface area (Å²) in [7, 11) is 1.91. The summed E-state index contributed by atoms with van der Waals surface area (Å²) in [4.78, 5) is 9.12. The van der Waals surface area contributed by atoms with E-state index >= 15 is 0 Å². The Morgan fingerprint density at radius 2 is 1.90 bits per heavy atom. The number of aromatic nitrogens is 4. The largest absolute Gasteiger partial charge is 0.370 e. The van der Waals surface area contributed by atoms with Crippen LogP contribution in [0.3, 0.4) is 0 Å². The van der Waals surface area contributed by atoms with Gasteiger partial charge in [0.2, 0.25) is 0 Å². The van der Waals surface area contributed by atoms with Gasteiger partial charge in [-0.3, -0.25) is 4.68 Å². The van der Waals surface area contributed by atoms with Crippen LogP contribution in [0.2, 0.25) is 0 Å². The lowest BCUT2D eigenvalue weighted by Gasteiger charge is -2.10. The fraction of sp³-hybridized carbons (Fsp3) is 0.533. The topological polar surface area (TPSA) is 67.7 Å². The van der Waals surface area contributed by atoms with Gasteiger partial charge in [0.1, 0.15) is 17.5 Å². The summed E-state index contributed by atoms with van der Waals surface area (Å²) >= 11 is 0.